The van der Waals surface area contributed by atoms with Crippen molar-refractivity contribution in [2.24, 2.45) is 0 Å². The van der Waals surface area contributed by atoms with E-state index in [1.807, 2.05) is 31.3 Å². The van der Waals surface area contributed by atoms with Crippen LogP contribution in [0.3, 0.4) is 0 Å². The minimum atomic E-state index is -0.157. The molecule has 6 heteroatoms. The molecule has 0 amide bonds. The number of hydrogen-bond acceptors (Lipinski definition) is 4. The summed E-state index contributed by atoms with van der Waals surface area (Å²) >= 11 is 5.96. The van der Waals surface area contributed by atoms with Gasteiger partial charge in [0.05, 0.1) is 17.3 Å². The number of ether oxygens (including phenoxy) is 2. The smallest absolute Gasteiger partial charge is 0.163 e. The lowest BCUT2D eigenvalue weighted by atomic mass is 10.2. The van der Waals surface area contributed by atoms with E-state index in [9.17, 15) is 0 Å². The molecule has 1 atom stereocenters. The molecule has 1 aliphatic heterocycles. The average molecular weight is 266 g/mol. The zero-order chi connectivity index (χ0) is 12.5. The Morgan fingerprint density at radius 3 is 2.78 bits per heavy atom. The maximum atomic E-state index is 5.96. The Morgan fingerprint density at radius 2 is 2.06 bits per heavy atom. The summed E-state index contributed by atoms with van der Waals surface area (Å²) in [7, 11) is 0. The van der Waals surface area contributed by atoms with Crippen LogP contribution in [0.15, 0.2) is 24.4 Å². The second kappa shape index (κ2) is 4.49. The van der Waals surface area contributed by atoms with Crippen molar-refractivity contribution in [1.29, 1.82) is 0 Å². The molecule has 0 spiro atoms. The van der Waals surface area contributed by atoms with Gasteiger partial charge in [-0.15, -0.1) is 16.7 Å². The number of benzene rings is 1. The zero-order valence-electron chi connectivity index (χ0n) is 9.84. The SMILES string of the molecule is CC(Cl)c1cn(-c2ccc3c(c2)OCCO3)nn1. The second-order valence-electron chi connectivity index (χ2n) is 4.03. The van der Waals surface area contributed by atoms with Crippen molar-refractivity contribution in [2.75, 3.05) is 13.2 Å². The molecule has 94 valence electrons. The Morgan fingerprint density at radius 1 is 1.28 bits per heavy atom. The molecule has 0 N–H and O–H groups in total. The highest BCUT2D eigenvalue weighted by molar-refractivity contribution is 6.20. The number of rotatable bonds is 2. The molecule has 1 aliphatic rings. The molecule has 0 fully saturated rings. The highest BCUT2D eigenvalue weighted by atomic mass is 35.5. The Hall–Kier alpha value is -1.75. The summed E-state index contributed by atoms with van der Waals surface area (Å²) < 4.78 is 12.7. The van der Waals surface area contributed by atoms with Gasteiger partial charge in [0.2, 0.25) is 0 Å². The Bertz CT molecular complexity index is 568. The predicted octanol–water partition coefficient (Wildman–Crippen LogP) is 2.34. The van der Waals surface area contributed by atoms with Crippen LogP contribution >= 0.6 is 11.6 Å². The normalized spacial score (nSPS) is 15.4. The fraction of sp³-hybridized carbons (Fsp3) is 0.333. The molecule has 5 nitrogen and oxygen atoms in total. The van der Waals surface area contributed by atoms with Gasteiger partial charge in [-0.05, 0) is 19.1 Å². The first-order valence-electron chi connectivity index (χ1n) is 5.70. The van der Waals surface area contributed by atoms with E-state index in [0.717, 1.165) is 22.9 Å². The minimum Gasteiger partial charge on any atom is -0.486 e. The lowest BCUT2D eigenvalue weighted by molar-refractivity contribution is 0.171. The van der Waals surface area contributed by atoms with Gasteiger partial charge >= 0.3 is 0 Å². The summed E-state index contributed by atoms with van der Waals surface area (Å²) in [5.41, 5.74) is 1.61. The molecular weight excluding hydrogens is 254 g/mol. The van der Waals surface area contributed by atoms with Gasteiger partial charge in [-0.2, -0.15) is 0 Å². The van der Waals surface area contributed by atoms with Crippen molar-refractivity contribution in [3.05, 3.63) is 30.1 Å². The molecule has 1 unspecified atom stereocenters. The third-order valence-electron chi connectivity index (χ3n) is 2.71. The van der Waals surface area contributed by atoms with Crippen molar-refractivity contribution in [3.63, 3.8) is 0 Å². The lowest BCUT2D eigenvalue weighted by Crippen LogP contribution is -2.15. The van der Waals surface area contributed by atoms with Crippen molar-refractivity contribution in [1.82, 2.24) is 15.0 Å². The first kappa shape index (κ1) is 11.3. The topological polar surface area (TPSA) is 49.2 Å². The number of halogens is 1. The maximum absolute atomic E-state index is 5.96. The number of alkyl halides is 1. The van der Waals surface area contributed by atoms with E-state index in [1.165, 1.54) is 0 Å². The first-order valence-corrected chi connectivity index (χ1v) is 6.14. The van der Waals surface area contributed by atoms with Gasteiger partial charge in [-0.3, -0.25) is 0 Å². The van der Waals surface area contributed by atoms with Gasteiger partial charge in [-0.25, -0.2) is 4.68 Å². The summed E-state index contributed by atoms with van der Waals surface area (Å²) in [6, 6.07) is 5.66. The molecule has 0 aliphatic carbocycles. The first-order chi connectivity index (χ1) is 8.74. The molecule has 0 saturated carbocycles. The number of nitrogens with zero attached hydrogens (tertiary/aromatic N) is 3. The van der Waals surface area contributed by atoms with E-state index in [4.69, 9.17) is 21.1 Å². The van der Waals surface area contributed by atoms with Crippen LogP contribution in [0.4, 0.5) is 0 Å². The Balaban J connectivity index is 1.95. The highest BCUT2D eigenvalue weighted by Gasteiger charge is 2.14. The molecule has 0 saturated heterocycles. The van der Waals surface area contributed by atoms with E-state index >= 15 is 0 Å². The fourth-order valence-corrected chi connectivity index (χ4v) is 1.86. The summed E-state index contributed by atoms with van der Waals surface area (Å²) in [6.07, 6.45) is 1.81. The summed E-state index contributed by atoms with van der Waals surface area (Å²) in [4.78, 5) is 0. The molecule has 2 aromatic rings. The van der Waals surface area contributed by atoms with Gasteiger partial charge in [0.1, 0.15) is 18.9 Å². The van der Waals surface area contributed by atoms with Crippen LogP contribution in [0.25, 0.3) is 5.69 Å². The van der Waals surface area contributed by atoms with E-state index in [1.54, 1.807) is 4.68 Å². The molecular formula is C12H12ClN3O2. The van der Waals surface area contributed by atoms with Crippen LogP contribution in [-0.4, -0.2) is 28.2 Å². The van der Waals surface area contributed by atoms with Crippen molar-refractivity contribution in [3.8, 4) is 17.2 Å². The summed E-state index contributed by atoms with van der Waals surface area (Å²) in [6.45, 7) is 3.01. The average Bonchev–Trinajstić information content (AvgIpc) is 2.88. The van der Waals surface area contributed by atoms with Gasteiger partial charge in [-0.1, -0.05) is 5.21 Å². The predicted molar refractivity (Wildman–Crippen MR) is 66.6 cm³/mol. The van der Waals surface area contributed by atoms with E-state index < -0.39 is 0 Å². The molecule has 1 aromatic carbocycles. The van der Waals surface area contributed by atoms with Gasteiger partial charge < -0.3 is 9.47 Å². The maximum Gasteiger partial charge on any atom is 0.163 e. The highest BCUT2D eigenvalue weighted by Crippen LogP contribution is 2.32. The van der Waals surface area contributed by atoms with Crippen LogP contribution in [-0.2, 0) is 0 Å². The zero-order valence-corrected chi connectivity index (χ0v) is 10.6. The van der Waals surface area contributed by atoms with Gasteiger partial charge in [0.15, 0.2) is 11.5 Å². The van der Waals surface area contributed by atoms with E-state index in [2.05, 4.69) is 10.3 Å². The summed E-state index contributed by atoms with van der Waals surface area (Å²) in [5, 5.41) is 7.90. The number of aromatic nitrogens is 3. The molecule has 3 rings (SSSR count). The molecule has 2 heterocycles. The molecule has 18 heavy (non-hydrogen) atoms. The molecule has 0 bridgehead atoms. The van der Waals surface area contributed by atoms with Crippen LogP contribution in [0, 0.1) is 0 Å². The van der Waals surface area contributed by atoms with Crippen molar-refractivity contribution < 1.29 is 9.47 Å². The largest absolute Gasteiger partial charge is 0.486 e. The molecule has 0 radical (unpaired) electrons. The van der Waals surface area contributed by atoms with Crippen molar-refractivity contribution in [2.45, 2.75) is 12.3 Å². The standard InChI is InChI=1S/C12H12ClN3O2/c1-8(13)10-7-16(15-14-10)9-2-3-11-12(6-9)18-5-4-17-11/h2-3,6-8H,4-5H2,1H3. The third-order valence-corrected chi connectivity index (χ3v) is 2.93. The summed E-state index contributed by atoms with van der Waals surface area (Å²) in [5.74, 6) is 1.49. The Labute approximate surface area is 109 Å². The fourth-order valence-electron chi connectivity index (χ4n) is 1.76. The second-order valence-corrected chi connectivity index (χ2v) is 4.69. The monoisotopic (exact) mass is 265 g/mol. The Kier molecular flexibility index (Phi) is 2.83. The number of hydrogen-bond donors (Lipinski definition) is 0. The number of fused-ring (bicyclic) bond motifs is 1. The molecule has 1 aromatic heterocycles. The van der Waals surface area contributed by atoms with Crippen LogP contribution in [0.2, 0.25) is 0 Å². The van der Waals surface area contributed by atoms with E-state index in [-0.39, 0.29) is 5.38 Å². The minimum absolute atomic E-state index is 0.157. The van der Waals surface area contributed by atoms with Crippen LogP contribution in [0.1, 0.15) is 18.0 Å². The van der Waals surface area contributed by atoms with Crippen LogP contribution in [0.5, 0.6) is 11.5 Å². The van der Waals surface area contributed by atoms with Gasteiger partial charge in [0.25, 0.3) is 0 Å². The van der Waals surface area contributed by atoms with Crippen LogP contribution < -0.4 is 9.47 Å². The third kappa shape index (κ3) is 2.01. The quantitative estimate of drug-likeness (QED) is 0.782. The van der Waals surface area contributed by atoms with Gasteiger partial charge in [0, 0.05) is 6.07 Å². The van der Waals surface area contributed by atoms with Crippen molar-refractivity contribution >= 4 is 11.6 Å². The lowest BCUT2D eigenvalue weighted by Gasteiger charge is -2.18. The van der Waals surface area contributed by atoms with E-state index in [0.29, 0.717) is 13.2 Å².